The van der Waals surface area contributed by atoms with Gasteiger partial charge in [0.15, 0.2) is 0 Å². The van der Waals surface area contributed by atoms with Gasteiger partial charge in [-0.25, -0.2) is 4.39 Å². The average molecular weight is 259 g/mol. The maximum absolute atomic E-state index is 13.0. The Morgan fingerprint density at radius 1 is 1.16 bits per heavy atom. The topological polar surface area (TPSA) is 37.8 Å². The van der Waals surface area contributed by atoms with Gasteiger partial charge in [0.2, 0.25) is 0 Å². The van der Waals surface area contributed by atoms with E-state index in [4.69, 9.17) is 0 Å². The number of hydrogen-bond donors (Lipinski definition) is 1. The zero-order chi connectivity index (χ0) is 13.8. The lowest BCUT2D eigenvalue weighted by Crippen LogP contribution is -2.30. The highest BCUT2D eigenvalue weighted by Gasteiger charge is 2.18. The summed E-state index contributed by atoms with van der Waals surface area (Å²) >= 11 is 0. The van der Waals surface area contributed by atoms with Crippen LogP contribution in [-0.4, -0.2) is 16.0 Å². The second kappa shape index (κ2) is 5.89. The van der Waals surface area contributed by atoms with E-state index in [9.17, 15) is 4.39 Å². The third kappa shape index (κ3) is 3.35. The molecular weight excluding hydrogens is 241 g/mol. The number of nitrogens with one attached hydrogen (secondary N) is 1. The van der Waals surface area contributed by atoms with Crippen LogP contribution in [0.1, 0.15) is 36.7 Å². The normalized spacial score (nSPS) is 12.7. The number of nitrogens with zero attached hydrogens (tertiary/aromatic N) is 2. The Morgan fingerprint density at radius 2 is 1.95 bits per heavy atom. The largest absolute Gasteiger partial charge is 0.303 e. The SMILES string of the molecule is Cc1ccncc1C(NC(C)C)c1ccc(F)cn1. The molecule has 0 bridgehead atoms. The van der Waals surface area contributed by atoms with Crippen LogP contribution in [0.15, 0.2) is 36.8 Å². The zero-order valence-electron chi connectivity index (χ0n) is 11.4. The molecule has 4 heteroatoms. The maximum atomic E-state index is 13.0. The zero-order valence-corrected chi connectivity index (χ0v) is 11.4. The van der Waals surface area contributed by atoms with Gasteiger partial charge in [-0.15, -0.1) is 0 Å². The number of rotatable bonds is 4. The standard InChI is InChI=1S/C15H18FN3/c1-10(2)19-15(13-9-17-7-6-11(13)3)14-5-4-12(16)8-18-14/h4-10,15,19H,1-3H3. The van der Waals surface area contributed by atoms with E-state index in [0.717, 1.165) is 16.8 Å². The van der Waals surface area contributed by atoms with E-state index in [-0.39, 0.29) is 17.9 Å². The molecule has 0 aliphatic carbocycles. The Morgan fingerprint density at radius 3 is 2.53 bits per heavy atom. The molecular formula is C15H18FN3. The number of aryl methyl sites for hydroxylation is 1. The Kier molecular flexibility index (Phi) is 4.22. The first-order chi connectivity index (χ1) is 9.08. The van der Waals surface area contributed by atoms with Crippen LogP contribution < -0.4 is 5.32 Å². The molecule has 0 aliphatic rings. The molecule has 2 rings (SSSR count). The second-order valence-electron chi connectivity index (χ2n) is 4.89. The van der Waals surface area contributed by atoms with Crippen molar-refractivity contribution in [3.05, 3.63) is 59.4 Å². The summed E-state index contributed by atoms with van der Waals surface area (Å²) < 4.78 is 13.0. The number of aromatic nitrogens is 2. The van der Waals surface area contributed by atoms with Gasteiger partial charge in [0.05, 0.1) is 17.9 Å². The Bertz CT molecular complexity index is 537. The maximum Gasteiger partial charge on any atom is 0.141 e. The first-order valence-electron chi connectivity index (χ1n) is 6.36. The monoisotopic (exact) mass is 259 g/mol. The summed E-state index contributed by atoms with van der Waals surface area (Å²) in [7, 11) is 0. The van der Waals surface area contributed by atoms with Crippen molar-refractivity contribution >= 4 is 0 Å². The fraction of sp³-hybridized carbons (Fsp3) is 0.333. The van der Waals surface area contributed by atoms with Gasteiger partial charge in [-0.3, -0.25) is 9.97 Å². The van der Waals surface area contributed by atoms with Crippen LogP contribution in [0.4, 0.5) is 4.39 Å². The van der Waals surface area contributed by atoms with Crippen molar-refractivity contribution in [3.63, 3.8) is 0 Å². The molecule has 1 atom stereocenters. The van der Waals surface area contributed by atoms with E-state index in [2.05, 4.69) is 29.1 Å². The van der Waals surface area contributed by atoms with Gasteiger partial charge >= 0.3 is 0 Å². The molecule has 0 saturated heterocycles. The van der Waals surface area contributed by atoms with Crippen molar-refractivity contribution in [3.8, 4) is 0 Å². The Balaban J connectivity index is 2.41. The molecule has 0 amide bonds. The van der Waals surface area contributed by atoms with Gasteiger partial charge in [-0.05, 0) is 50.1 Å². The van der Waals surface area contributed by atoms with Crippen molar-refractivity contribution in [1.82, 2.24) is 15.3 Å². The van der Waals surface area contributed by atoms with Gasteiger partial charge in [0.25, 0.3) is 0 Å². The van der Waals surface area contributed by atoms with Crippen molar-refractivity contribution in [2.45, 2.75) is 32.9 Å². The Hall–Kier alpha value is -1.81. The predicted molar refractivity (Wildman–Crippen MR) is 73.3 cm³/mol. The van der Waals surface area contributed by atoms with Crippen LogP contribution in [-0.2, 0) is 0 Å². The summed E-state index contributed by atoms with van der Waals surface area (Å²) in [6.07, 6.45) is 4.85. The molecule has 0 radical (unpaired) electrons. The fourth-order valence-electron chi connectivity index (χ4n) is 2.00. The second-order valence-corrected chi connectivity index (χ2v) is 4.89. The number of pyridine rings is 2. The summed E-state index contributed by atoms with van der Waals surface area (Å²) in [5.74, 6) is -0.324. The summed E-state index contributed by atoms with van der Waals surface area (Å²) in [6, 6.07) is 5.32. The van der Waals surface area contributed by atoms with Gasteiger partial charge in [-0.2, -0.15) is 0 Å². The minimum Gasteiger partial charge on any atom is -0.303 e. The number of halogens is 1. The number of hydrogen-bond acceptors (Lipinski definition) is 3. The molecule has 19 heavy (non-hydrogen) atoms. The average Bonchev–Trinajstić information content (AvgIpc) is 2.38. The van der Waals surface area contributed by atoms with Crippen LogP contribution >= 0.6 is 0 Å². The summed E-state index contributed by atoms with van der Waals surface area (Å²) in [6.45, 7) is 6.18. The van der Waals surface area contributed by atoms with E-state index in [1.54, 1.807) is 12.3 Å². The smallest absolute Gasteiger partial charge is 0.141 e. The molecule has 3 nitrogen and oxygen atoms in total. The van der Waals surface area contributed by atoms with Gasteiger partial charge in [0.1, 0.15) is 5.82 Å². The molecule has 0 saturated carbocycles. The fourth-order valence-corrected chi connectivity index (χ4v) is 2.00. The molecule has 2 aromatic heterocycles. The minimum atomic E-state index is -0.324. The molecule has 0 spiro atoms. The predicted octanol–water partition coefficient (Wildman–Crippen LogP) is 3.01. The highest BCUT2D eigenvalue weighted by Crippen LogP contribution is 2.23. The Labute approximate surface area is 112 Å². The van der Waals surface area contributed by atoms with Crippen molar-refractivity contribution < 1.29 is 4.39 Å². The molecule has 2 aromatic rings. The molecule has 0 aliphatic heterocycles. The third-order valence-electron chi connectivity index (χ3n) is 2.94. The molecule has 100 valence electrons. The summed E-state index contributed by atoms with van der Waals surface area (Å²) in [5.41, 5.74) is 3.00. The molecule has 1 unspecified atom stereocenters. The molecule has 2 heterocycles. The lowest BCUT2D eigenvalue weighted by molar-refractivity contribution is 0.515. The van der Waals surface area contributed by atoms with E-state index in [1.165, 1.54) is 12.3 Å². The minimum absolute atomic E-state index is 0.0747. The summed E-state index contributed by atoms with van der Waals surface area (Å²) in [4.78, 5) is 8.36. The molecule has 1 N–H and O–H groups in total. The highest BCUT2D eigenvalue weighted by atomic mass is 19.1. The van der Waals surface area contributed by atoms with Crippen LogP contribution in [0.2, 0.25) is 0 Å². The van der Waals surface area contributed by atoms with Crippen LogP contribution in [0, 0.1) is 12.7 Å². The van der Waals surface area contributed by atoms with Gasteiger partial charge < -0.3 is 5.32 Å². The molecule has 0 fully saturated rings. The van der Waals surface area contributed by atoms with Gasteiger partial charge in [-0.1, -0.05) is 0 Å². The van der Waals surface area contributed by atoms with E-state index >= 15 is 0 Å². The van der Waals surface area contributed by atoms with Crippen LogP contribution in [0.5, 0.6) is 0 Å². The van der Waals surface area contributed by atoms with E-state index < -0.39 is 0 Å². The summed E-state index contributed by atoms with van der Waals surface area (Å²) in [5, 5.41) is 3.45. The van der Waals surface area contributed by atoms with E-state index in [1.807, 2.05) is 19.2 Å². The van der Waals surface area contributed by atoms with Crippen molar-refractivity contribution in [2.75, 3.05) is 0 Å². The van der Waals surface area contributed by atoms with Crippen LogP contribution in [0.25, 0.3) is 0 Å². The van der Waals surface area contributed by atoms with Gasteiger partial charge in [0, 0.05) is 18.4 Å². The van der Waals surface area contributed by atoms with Crippen molar-refractivity contribution in [1.29, 1.82) is 0 Å². The quantitative estimate of drug-likeness (QED) is 0.917. The van der Waals surface area contributed by atoms with E-state index in [0.29, 0.717) is 0 Å². The third-order valence-corrected chi connectivity index (χ3v) is 2.94. The molecule has 0 aromatic carbocycles. The lowest BCUT2D eigenvalue weighted by atomic mass is 10.00. The first-order valence-corrected chi connectivity index (χ1v) is 6.36. The lowest BCUT2D eigenvalue weighted by Gasteiger charge is -2.22. The van der Waals surface area contributed by atoms with Crippen molar-refractivity contribution in [2.24, 2.45) is 0 Å². The first kappa shape index (κ1) is 13.6. The highest BCUT2D eigenvalue weighted by molar-refractivity contribution is 5.31. The van der Waals surface area contributed by atoms with Crippen LogP contribution in [0.3, 0.4) is 0 Å².